The minimum atomic E-state index is 0.669. The summed E-state index contributed by atoms with van der Waals surface area (Å²) in [5.41, 5.74) is 1.23. The highest BCUT2D eigenvalue weighted by atomic mass is 79.9. The molecule has 1 unspecified atom stereocenters. The molecule has 1 N–H and O–H groups in total. The summed E-state index contributed by atoms with van der Waals surface area (Å²) >= 11 is 3.53. The predicted molar refractivity (Wildman–Crippen MR) is 74.1 cm³/mol. The van der Waals surface area contributed by atoms with Crippen molar-refractivity contribution in [2.45, 2.75) is 38.3 Å². The monoisotopic (exact) mass is 297 g/mol. The van der Waals surface area contributed by atoms with Crippen LogP contribution in [0.2, 0.25) is 0 Å². The zero-order valence-corrected chi connectivity index (χ0v) is 11.7. The van der Waals surface area contributed by atoms with E-state index < -0.39 is 0 Å². The molecule has 94 valence electrons. The Morgan fingerprint density at radius 3 is 2.94 bits per heavy atom. The highest BCUT2D eigenvalue weighted by molar-refractivity contribution is 9.10. The first-order chi connectivity index (χ1) is 8.36. The molecule has 0 aliphatic carbocycles. The van der Waals surface area contributed by atoms with Crippen LogP contribution in [0.3, 0.4) is 0 Å². The number of halogens is 1. The van der Waals surface area contributed by atoms with Gasteiger partial charge in [0.05, 0.1) is 6.61 Å². The number of hydrogen-bond donors (Lipinski definition) is 1. The van der Waals surface area contributed by atoms with Crippen molar-refractivity contribution in [1.29, 1.82) is 0 Å². The van der Waals surface area contributed by atoms with Gasteiger partial charge in [-0.3, -0.25) is 0 Å². The summed E-state index contributed by atoms with van der Waals surface area (Å²) in [5.74, 6) is 0. The Balaban J connectivity index is 1.64. The Morgan fingerprint density at radius 1 is 1.29 bits per heavy atom. The van der Waals surface area contributed by atoms with Crippen LogP contribution in [0.15, 0.2) is 28.7 Å². The van der Waals surface area contributed by atoms with Crippen molar-refractivity contribution >= 4 is 15.9 Å². The van der Waals surface area contributed by atoms with Gasteiger partial charge in [0.2, 0.25) is 0 Å². The number of benzene rings is 1. The molecule has 1 aromatic carbocycles. The fourth-order valence-electron chi connectivity index (χ4n) is 2.19. The van der Waals surface area contributed by atoms with Crippen LogP contribution in [0.25, 0.3) is 0 Å². The lowest BCUT2D eigenvalue weighted by atomic mass is 10.0. The summed E-state index contributed by atoms with van der Waals surface area (Å²) in [7, 11) is 0. The van der Waals surface area contributed by atoms with Crippen molar-refractivity contribution in [2.24, 2.45) is 0 Å². The quantitative estimate of drug-likeness (QED) is 0.840. The molecule has 1 fully saturated rings. The van der Waals surface area contributed by atoms with Crippen molar-refractivity contribution in [1.82, 2.24) is 5.32 Å². The molecule has 0 radical (unpaired) electrons. The first kappa shape index (κ1) is 13.1. The summed E-state index contributed by atoms with van der Waals surface area (Å²) in [6, 6.07) is 8.90. The van der Waals surface area contributed by atoms with Gasteiger partial charge in [-0.05, 0) is 37.4 Å². The molecular formula is C14H20BrNO. The van der Waals surface area contributed by atoms with Crippen molar-refractivity contribution in [2.75, 3.05) is 13.2 Å². The zero-order valence-electron chi connectivity index (χ0n) is 10.1. The van der Waals surface area contributed by atoms with E-state index in [4.69, 9.17) is 4.74 Å². The van der Waals surface area contributed by atoms with Gasteiger partial charge in [-0.25, -0.2) is 0 Å². The van der Waals surface area contributed by atoms with E-state index >= 15 is 0 Å². The Labute approximate surface area is 112 Å². The fraction of sp³-hybridized carbons (Fsp3) is 0.571. The molecule has 1 aliphatic rings. The molecule has 1 heterocycles. The zero-order chi connectivity index (χ0) is 11.9. The summed E-state index contributed by atoms with van der Waals surface area (Å²) in [6.07, 6.45) is 5.12. The highest BCUT2D eigenvalue weighted by Crippen LogP contribution is 2.17. The normalized spacial score (nSPS) is 20.4. The maximum Gasteiger partial charge on any atom is 0.0727 e. The number of nitrogens with one attached hydrogen (secondary N) is 1. The molecule has 1 aromatic rings. The van der Waals surface area contributed by atoms with Crippen molar-refractivity contribution in [3.8, 4) is 0 Å². The molecule has 0 aromatic heterocycles. The van der Waals surface area contributed by atoms with E-state index in [1.54, 1.807) is 0 Å². The van der Waals surface area contributed by atoms with Gasteiger partial charge in [0, 0.05) is 17.1 Å². The molecule has 0 amide bonds. The predicted octanol–water partition coefficient (Wildman–Crippen LogP) is 3.50. The van der Waals surface area contributed by atoms with E-state index in [-0.39, 0.29) is 0 Å². The van der Waals surface area contributed by atoms with E-state index in [9.17, 15) is 0 Å². The molecule has 1 saturated heterocycles. The lowest BCUT2D eigenvalue weighted by molar-refractivity contribution is 0.108. The second-order valence-electron chi connectivity index (χ2n) is 4.58. The summed E-state index contributed by atoms with van der Waals surface area (Å²) in [6.45, 7) is 2.72. The van der Waals surface area contributed by atoms with Crippen LogP contribution in [0.4, 0.5) is 0 Å². The SMILES string of the molecule is Brc1ccccc1COCCC1CCCCN1. The maximum atomic E-state index is 5.73. The molecule has 1 aliphatic heterocycles. The Morgan fingerprint density at radius 2 is 2.18 bits per heavy atom. The second kappa shape index (κ2) is 7.14. The molecule has 2 rings (SSSR count). The average Bonchev–Trinajstić information content (AvgIpc) is 2.38. The summed E-state index contributed by atoms with van der Waals surface area (Å²) < 4.78 is 6.87. The fourth-order valence-corrected chi connectivity index (χ4v) is 2.59. The van der Waals surface area contributed by atoms with Gasteiger partial charge in [-0.15, -0.1) is 0 Å². The van der Waals surface area contributed by atoms with Crippen LogP contribution in [-0.2, 0) is 11.3 Å². The molecule has 0 bridgehead atoms. The van der Waals surface area contributed by atoms with E-state index in [0.717, 1.165) is 17.5 Å². The third kappa shape index (κ3) is 4.41. The minimum Gasteiger partial charge on any atom is -0.377 e. The van der Waals surface area contributed by atoms with Crippen LogP contribution >= 0.6 is 15.9 Å². The van der Waals surface area contributed by atoms with Crippen LogP contribution in [0.1, 0.15) is 31.2 Å². The van der Waals surface area contributed by atoms with Crippen LogP contribution in [0.5, 0.6) is 0 Å². The van der Waals surface area contributed by atoms with Gasteiger partial charge < -0.3 is 10.1 Å². The number of piperidine rings is 1. The molecule has 0 saturated carbocycles. The Hall–Kier alpha value is -0.380. The van der Waals surface area contributed by atoms with Gasteiger partial charge in [0.1, 0.15) is 0 Å². The highest BCUT2D eigenvalue weighted by Gasteiger charge is 2.11. The topological polar surface area (TPSA) is 21.3 Å². The third-order valence-corrected chi connectivity index (χ3v) is 4.01. The molecule has 3 heteroatoms. The first-order valence-corrected chi connectivity index (χ1v) is 7.20. The summed E-state index contributed by atoms with van der Waals surface area (Å²) in [5, 5.41) is 3.54. The average molecular weight is 298 g/mol. The van der Waals surface area contributed by atoms with Gasteiger partial charge in [-0.2, -0.15) is 0 Å². The molecule has 1 atom stereocenters. The summed E-state index contributed by atoms with van der Waals surface area (Å²) in [4.78, 5) is 0. The van der Waals surface area contributed by atoms with Crippen LogP contribution in [0, 0.1) is 0 Å². The van der Waals surface area contributed by atoms with Crippen LogP contribution in [-0.4, -0.2) is 19.2 Å². The van der Waals surface area contributed by atoms with E-state index in [2.05, 4.69) is 33.4 Å². The number of hydrogen-bond acceptors (Lipinski definition) is 2. The number of ether oxygens (including phenoxy) is 1. The molecular weight excluding hydrogens is 278 g/mol. The Kier molecular flexibility index (Phi) is 5.49. The lowest BCUT2D eigenvalue weighted by Crippen LogP contribution is -2.34. The van der Waals surface area contributed by atoms with Crippen molar-refractivity contribution in [3.05, 3.63) is 34.3 Å². The Bertz CT molecular complexity index is 337. The van der Waals surface area contributed by atoms with E-state index in [1.807, 2.05) is 12.1 Å². The molecule has 0 spiro atoms. The largest absolute Gasteiger partial charge is 0.377 e. The second-order valence-corrected chi connectivity index (χ2v) is 5.43. The van der Waals surface area contributed by atoms with Crippen molar-refractivity contribution < 1.29 is 4.74 Å². The smallest absolute Gasteiger partial charge is 0.0727 e. The number of rotatable bonds is 5. The molecule has 2 nitrogen and oxygen atoms in total. The lowest BCUT2D eigenvalue weighted by Gasteiger charge is -2.23. The van der Waals surface area contributed by atoms with Gasteiger partial charge >= 0.3 is 0 Å². The van der Waals surface area contributed by atoms with Crippen molar-refractivity contribution in [3.63, 3.8) is 0 Å². The standard InChI is InChI=1S/C14H20BrNO/c15-14-7-2-1-5-12(14)11-17-10-8-13-6-3-4-9-16-13/h1-2,5,7,13,16H,3-4,6,8-11H2. The van der Waals surface area contributed by atoms with Gasteiger partial charge in [0.15, 0.2) is 0 Å². The molecule has 17 heavy (non-hydrogen) atoms. The first-order valence-electron chi connectivity index (χ1n) is 6.41. The van der Waals surface area contributed by atoms with E-state index in [0.29, 0.717) is 12.6 Å². The minimum absolute atomic E-state index is 0.669. The maximum absolute atomic E-state index is 5.73. The third-order valence-electron chi connectivity index (χ3n) is 3.24. The van der Waals surface area contributed by atoms with E-state index in [1.165, 1.54) is 31.4 Å². The van der Waals surface area contributed by atoms with Gasteiger partial charge in [-0.1, -0.05) is 40.5 Å². The van der Waals surface area contributed by atoms with Crippen LogP contribution < -0.4 is 5.32 Å². The van der Waals surface area contributed by atoms with Gasteiger partial charge in [0.25, 0.3) is 0 Å².